The first kappa shape index (κ1) is 13.9. The van der Waals surface area contributed by atoms with E-state index in [2.05, 4.69) is 25.7 Å². The third kappa shape index (κ3) is 5.37. The van der Waals surface area contributed by atoms with Crippen LogP contribution in [-0.4, -0.2) is 45.7 Å². The quantitative estimate of drug-likeness (QED) is 0.682. The number of carbonyl (C=O) groups is 2. The van der Waals surface area contributed by atoms with Gasteiger partial charge < -0.3 is 10.2 Å². The predicted molar refractivity (Wildman–Crippen MR) is 55.8 cm³/mol. The predicted octanol–water partition coefficient (Wildman–Crippen LogP) is 0.892. The molecule has 0 radical (unpaired) electrons. The first-order valence-electron chi connectivity index (χ1n) is 4.82. The van der Waals surface area contributed by atoms with Gasteiger partial charge in [0, 0.05) is 25.6 Å². The number of hydrogen-bond donors (Lipinski definition) is 2. The molecule has 88 valence electrons. The molecular weight excluding hydrogens is 198 g/mol. The molecular formula is C10H19NO4. The van der Waals surface area contributed by atoms with Crippen molar-refractivity contribution in [3.05, 3.63) is 0 Å². The highest BCUT2D eigenvalue weighted by molar-refractivity contribution is 5.71. The van der Waals surface area contributed by atoms with Gasteiger partial charge in [-0.2, -0.15) is 0 Å². The fraction of sp³-hybridized carbons (Fsp3) is 0.800. The second-order valence-electron chi connectivity index (χ2n) is 4.63. The van der Waals surface area contributed by atoms with Crippen molar-refractivity contribution in [1.82, 2.24) is 4.90 Å². The van der Waals surface area contributed by atoms with Crippen LogP contribution in [0.15, 0.2) is 0 Å². The van der Waals surface area contributed by atoms with Gasteiger partial charge in [0.25, 0.3) is 5.97 Å². The Labute approximate surface area is 89.7 Å². The Morgan fingerprint density at radius 3 is 1.73 bits per heavy atom. The monoisotopic (exact) mass is 217 g/mol. The van der Waals surface area contributed by atoms with Crippen molar-refractivity contribution in [2.75, 3.05) is 13.1 Å². The summed E-state index contributed by atoms with van der Waals surface area (Å²) in [5.41, 5.74) is 0.131. The summed E-state index contributed by atoms with van der Waals surface area (Å²) in [7, 11) is 0. The maximum absolute atomic E-state index is 10.4. The van der Waals surface area contributed by atoms with Gasteiger partial charge in [-0.05, 0) is 20.8 Å². The maximum Gasteiger partial charge on any atom is 0.309 e. The standard InChI is InChI=1S/C8H15NO2.C2H4O2/c1-8(2,3)9-4-6(5-9)7(10)11;1-2(3)4/h6H,4-5H2,1-3H3,(H,10,11);1H3,(H,3,4). The minimum atomic E-state index is -0.833. The van der Waals surface area contributed by atoms with Crippen molar-refractivity contribution in [2.45, 2.75) is 33.2 Å². The minimum absolute atomic E-state index is 0.130. The molecule has 1 aliphatic rings. The first-order valence-corrected chi connectivity index (χ1v) is 4.82. The van der Waals surface area contributed by atoms with Gasteiger partial charge in [-0.3, -0.25) is 14.5 Å². The zero-order valence-corrected chi connectivity index (χ0v) is 9.65. The molecule has 1 saturated heterocycles. The number of carboxylic acids is 2. The molecule has 0 aromatic carbocycles. The van der Waals surface area contributed by atoms with E-state index in [1.807, 2.05) is 0 Å². The molecule has 0 aromatic heterocycles. The summed E-state index contributed by atoms with van der Waals surface area (Å²) in [5.74, 6) is -1.63. The van der Waals surface area contributed by atoms with Crippen molar-refractivity contribution in [1.29, 1.82) is 0 Å². The van der Waals surface area contributed by atoms with Crippen LogP contribution in [0.1, 0.15) is 27.7 Å². The molecule has 0 aliphatic carbocycles. The van der Waals surface area contributed by atoms with E-state index in [4.69, 9.17) is 15.0 Å². The molecule has 1 aliphatic heterocycles. The molecule has 15 heavy (non-hydrogen) atoms. The zero-order valence-electron chi connectivity index (χ0n) is 9.65. The fourth-order valence-electron chi connectivity index (χ4n) is 1.18. The van der Waals surface area contributed by atoms with E-state index in [9.17, 15) is 4.79 Å². The summed E-state index contributed by atoms with van der Waals surface area (Å²) in [6.07, 6.45) is 0. The summed E-state index contributed by atoms with van der Waals surface area (Å²) >= 11 is 0. The molecule has 1 rings (SSSR count). The Morgan fingerprint density at radius 2 is 1.53 bits per heavy atom. The lowest BCUT2D eigenvalue weighted by molar-refractivity contribution is -0.150. The molecule has 0 amide bonds. The minimum Gasteiger partial charge on any atom is -0.481 e. The van der Waals surface area contributed by atoms with Gasteiger partial charge in [0.1, 0.15) is 0 Å². The van der Waals surface area contributed by atoms with Crippen molar-refractivity contribution >= 4 is 11.9 Å². The van der Waals surface area contributed by atoms with Gasteiger partial charge in [0.05, 0.1) is 5.92 Å². The Hall–Kier alpha value is -1.10. The normalized spacial score (nSPS) is 17.3. The van der Waals surface area contributed by atoms with Gasteiger partial charge in [0.2, 0.25) is 0 Å². The zero-order chi connectivity index (χ0) is 12.2. The second-order valence-corrected chi connectivity index (χ2v) is 4.63. The largest absolute Gasteiger partial charge is 0.481 e. The van der Waals surface area contributed by atoms with Gasteiger partial charge in [-0.15, -0.1) is 0 Å². The van der Waals surface area contributed by atoms with Crippen molar-refractivity contribution in [2.24, 2.45) is 5.92 Å². The van der Waals surface area contributed by atoms with Crippen LogP contribution in [0.25, 0.3) is 0 Å². The fourth-order valence-corrected chi connectivity index (χ4v) is 1.18. The topological polar surface area (TPSA) is 77.8 Å². The van der Waals surface area contributed by atoms with Crippen LogP contribution in [0.2, 0.25) is 0 Å². The smallest absolute Gasteiger partial charge is 0.309 e. The van der Waals surface area contributed by atoms with Gasteiger partial charge in [0.15, 0.2) is 0 Å². The summed E-state index contributed by atoms with van der Waals surface area (Å²) < 4.78 is 0. The van der Waals surface area contributed by atoms with Crippen LogP contribution in [0.5, 0.6) is 0 Å². The molecule has 0 atom stereocenters. The summed E-state index contributed by atoms with van der Waals surface area (Å²) in [5, 5.41) is 16.0. The van der Waals surface area contributed by atoms with Gasteiger partial charge in [-0.25, -0.2) is 0 Å². The lowest BCUT2D eigenvalue weighted by atomic mass is 9.93. The number of hydrogen-bond acceptors (Lipinski definition) is 3. The van der Waals surface area contributed by atoms with Crippen LogP contribution >= 0.6 is 0 Å². The second kappa shape index (κ2) is 5.11. The molecule has 5 heteroatoms. The van der Waals surface area contributed by atoms with E-state index in [-0.39, 0.29) is 11.5 Å². The number of nitrogens with zero attached hydrogens (tertiary/aromatic N) is 1. The number of carboxylic acid groups (broad SMARTS) is 2. The van der Waals surface area contributed by atoms with E-state index < -0.39 is 11.9 Å². The SMILES string of the molecule is CC(=O)O.CC(C)(C)N1CC(C(=O)O)C1. The molecule has 0 unspecified atom stereocenters. The molecule has 0 bridgehead atoms. The van der Waals surface area contributed by atoms with Crippen molar-refractivity contribution in [3.63, 3.8) is 0 Å². The summed E-state index contributed by atoms with van der Waals surface area (Å²) in [6, 6.07) is 0. The van der Waals surface area contributed by atoms with Crippen LogP contribution < -0.4 is 0 Å². The van der Waals surface area contributed by atoms with Crippen molar-refractivity contribution in [3.8, 4) is 0 Å². The molecule has 2 N–H and O–H groups in total. The van der Waals surface area contributed by atoms with Crippen LogP contribution in [0, 0.1) is 5.92 Å². The number of rotatable bonds is 1. The molecule has 1 fully saturated rings. The van der Waals surface area contributed by atoms with Crippen LogP contribution in [-0.2, 0) is 9.59 Å². The van der Waals surface area contributed by atoms with E-state index >= 15 is 0 Å². The van der Waals surface area contributed by atoms with E-state index in [1.165, 1.54) is 0 Å². The van der Waals surface area contributed by atoms with Gasteiger partial charge >= 0.3 is 5.97 Å². The maximum atomic E-state index is 10.4. The summed E-state index contributed by atoms with van der Waals surface area (Å²) in [6.45, 7) is 8.80. The van der Waals surface area contributed by atoms with Crippen LogP contribution in [0.3, 0.4) is 0 Å². The van der Waals surface area contributed by atoms with Crippen LogP contribution in [0.4, 0.5) is 0 Å². The van der Waals surface area contributed by atoms with E-state index in [0.29, 0.717) is 13.1 Å². The molecule has 1 heterocycles. The Kier molecular flexibility index (Phi) is 4.74. The third-order valence-corrected chi connectivity index (χ3v) is 2.18. The van der Waals surface area contributed by atoms with E-state index in [0.717, 1.165) is 6.92 Å². The highest BCUT2D eigenvalue weighted by atomic mass is 16.4. The number of aliphatic carboxylic acids is 2. The Morgan fingerprint density at radius 1 is 1.20 bits per heavy atom. The molecule has 0 saturated carbocycles. The van der Waals surface area contributed by atoms with Crippen molar-refractivity contribution < 1.29 is 19.8 Å². The third-order valence-electron chi connectivity index (χ3n) is 2.18. The Balaban J connectivity index is 0.000000423. The van der Waals surface area contributed by atoms with Gasteiger partial charge in [-0.1, -0.05) is 0 Å². The average molecular weight is 217 g/mol. The molecule has 5 nitrogen and oxygen atoms in total. The summed E-state index contributed by atoms with van der Waals surface area (Å²) in [4.78, 5) is 21.6. The highest BCUT2D eigenvalue weighted by Crippen LogP contribution is 2.24. The molecule has 0 spiro atoms. The lowest BCUT2D eigenvalue weighted by Crippen LogP contribution is -2.58. The molecule has 0 aromatic rings. The van der Waals surface area contributed by atoms with E-state index in [1.54, 1.807) is 0 Å². The highest BCUT2D eigenvalue weighted by Gasteiger charge is 2.38. The average Bonchev–Trinajstić information content (AvgIpc) is 1.74. The Bertz CT molecular complexity index is 234. The number of likely N-dealkylation sites (tertiary alicyclic amines) is 1. The lowest BCUT2D eigenvalue weighted by Gasteiger charge is -2.45. The first-order chi connectivity index (χ1) is 6.64.